The van der Waals surface area contributed by atoms with Crippen LogP contribution >= 0.6 is 0 Å². The fourth-order valence-corrected chi connectivity index (χ4v) is 2.92. The summed E-state index contributed by atoms with van der Waals surface area (Å²) in [6.45, 7) is 0.973. The molecular formula is C16H19FN4O3. The molecule has 128 valence electrons. The van der Waals surface area contributed by atoms with Crippen LogP contribution in [-0.2, 0) is 17.8 Å². The van der Waals surface area contributed by atoms with E-state index in [0.717, 1.165) is 0 Å². The lowest BCUT2D eigenvalue weighted by molar-refractivity contribution is -0.130. The van der Waals surface area contributed by atoms with Crippen LogP contribution in [0, 0.1) is 5.82 Å². The highest BCUT2D eigenvalue weighted by Gasteiger charge is 2.38. The minimum absolute atomic E-state index is 0.0837. The van der Waals surface area contributed by atoms with Crippen LogP contribution < -0.4 is 4.74 Å². The Balaban J connectivity index is 1.61. The maximum atomic E-state index is 13.7. The van der Waals surface area contributed by atoms with Crippen molar-refractivity contribution in [1.29, 1.82) is 0 Å². The van der Waals surface area contributed by atoms with Gasteiger partial charge in [0.2, 0.25) is 5.91 Å². The molecule has 0 bridgehead atoms. The molecule has 1 saturated heterocycles. The van der Waals surface area contributed by atoms with Gasteiger partial charge in [-0.2, -0.15) is 0 Å². The number of hydrogen-bond donors (Lipinski definition) is 1. The van der Waals surface area contributed by atoms with Crippen molar-refractivity contribution in [3.8, 4) is 5.75 Å². The number of nitrogens with zero attached hydrogens (tertiary/aromatic N) is 4. The standard InChI is InChI=1S/C16H19FN4O3/c1-24-14-3-2-12(8-13(14)17)9-15(22)20-6-4-16(23,10-20)11-21-7-5-18-19-21/h2-3,5,7-8,23H,4,6,9-11H2,1H3. The second kappa shape index (κ2) is 6.56. The van der Waals surface area contributed by atoms with Crippen LogP contribution in [0.1, 0.15) is 12.0 Å². The Hall–Kier alpha value is -2.48. The Morgan fingerprint density at radius 1 is 1.50 bits per heavy atom. The largest absolute Gasteiger partial charge is 0.494 e. The average molecular weight is 334 g/mol. The number of halogens is 1. The number of β-amino-alcohol motifs (C(OH)–C–C–N with tert-alkyl or cyclic N) is 1. The second-order valence-corrected chi connectivity index (χ2v) is 6.04. The lowest BCUT2D eigenvalue weighted by Crippen LogP contribution is -2.40. The van der Waals surface area contributed by atoms with Crippen LogP contribution in [-0.4, -0.2) is 56.7 Å². The Bertz CT molecular complexity index is 722. The Morgan fingerprint density at radius 2 is 2.33 bits per heavy atom. The van der Waals surface area contributed by atoms with E-state index in [9.17, 15) is 14.3 Å². The molecule has 2 heterocycles. The van der Waals surface area contributed by atoms with Gasteiger partial charge in [-0.1, -0.05) is 11.3 Å². The number of carbonyl (C=O) groups is 1. The second-order valence-electron chi connectivity index (χ2n) is 6.04. The number of carbonyl (C=O) groups excluding carboxylic acids is 1. The van der Waals surface area contributed by atoms with Gasteiger partial charge in [-0.25, -0.2) is 9.07 Å². The first-order valence-corrected chi connectivity index (χ1v) is 7.66. The van der Waals surface area contributed by atoms with Gasteiger partial charge in [0.15, 0.2) is 11.6 Å². The zero-order valence-electron chi connectivity index (χ0n) is 13.4. The number of ether oxygens (including phenoxy) is 1. The predicted molar refractivity (Wildman–Crippen MR) is 82.8 cm³/mol. The SMILES string of the molecule is COc1ccc(CC(=O)N2CCC(O)(Cn3ccnn3)C2)cc1F. The lowest BCUT2D eigenvalue weighted by Gasteiger charge is -2.23. The van der Waals surface area contributed by atoms with Crippen molar-refractivity contribution in [3.05, 3.63) is 42.0 Å². The first-order valence-electron chi connectivity index (χ1n) is 7.66. The van der Waals surface area contributed by atoms with Gasteiger partial charge in [0, 0.05) is 12.7 Å². The first-order chi connectivity index (χ1) is 11.5. The number of aromatic nitrogens is 3. The highest BCUT2D eigenvalue weighted by molar-refractivity contribution is 5.79. The fourth-order valence-electron chi connectivity index (χ4n) is 2.92. The summed E-state index contributed by atoms with van der Waals surface area (Å²) < 4.78 is 20.1. The Morgan fingerprint density at radius 3 is 3.00 bits per heavy atom. The molecule has 2 aromatic rings. The van der Waals surface area contributed by atoms with E-state index in [1.807, 2.05) is 0 Å². The number of methoxy groups -OCH3 is 1. The number of aliphatic hydroxyl groups is 1. The molecule has 1 atom stereocenters. The summed E-state index contributed by atoms with van der Waals surface area (Å²) in [6.07, 6.45) is 3.76. The van der Waals surface area contributed by atoms with Gasteiger partial charge in [0.1, 0.15) is 5.60 Å². The monoisotopic (exact) mass is 334 g/mol. The van der Waals surface area contributed by atoms with Crippen LogP contribution in [0.5, 0.6) is 5.75 Å². The summed E-state index contributed by atoms with van der Waals surface area (Å²) in [7, 11) is 1.39. The molecule has 1 amide bonds. The summed E-state index contributed by atoms with van der Waals surface area (Å²) in [5.41, 5.74) is -0.445. The van der Waals surface area contributed by atoms with E-state index < -0.39 is 11.4 Å². The molecule has 1 fully saturated rings. The van der Waals surface area contributed by atoms with Crippen molar-refractivity contribution in [2.45, 2.75) is 25.0 Å². The molecule has 1 aliphatic heterocycles. The van der Waals surface area contributed by atoms with Crippen molar-refractivity contribution in [1.82, 2.24) is 19.9 Å². The van der Waals surface area contributed by atoms with Gasteiger partial charge in [0.25, 0.3) is 0 Å². The molecule has 8 heteroatoms. The van der Waals surface area contributed by atoms with Gasteiger partial charge in [-0.15, -0.1) is 5.10 Å². The van der Waals surface area contributed by atoms with Gasteiger partial charge in [0.05, 0.1) is 32.8 Å². The van der Waals surface area contributed by atoms with Crippen LogP contribution in [0.3, 0.4) is 0 Å². The molecule has 1 aliphatic rings. The minimum atomic E-state index is -1.02. The normalized spacial score (nSPS) is 20.4. The van der Waals surface area contributed by atoms with E-state index in [1.165, 1.54) is 19.2 Å². The van der Waals surface area contributed by atoms with Crippen LogP contribution in [0.2, 0.25) is 0 Å². The highest BCUT2D eigenvalue weighted by Crippen LogP contribution is 2.24. The van der Waals surface area contributed by atoms with Crippen molar-refractivity contribution in [2.24, 2.45) is 0 Å². The Kier molecular flexibility index (Phi) is 4.48. The molecular weight excluding hydrogens is 315 g/mol. The van der Waals surface area contributed by atoms with Gasteiger partial charge in [-0.05, 0) is 24.1 Å². The maximum absolute atomic E-state index is 13.7. The molecule has 1 N–H and O–H groups in total. The topological polar surface area (TPSA) is 80.5 Å². The number of benzene rings is 1. The van der Waals surface area contributed by atoms with Gasteiger partial charge >= 0.3 is 0 Å². The summed E-state index contributed by atoms with van der Waals surface area (Å²) in [4.78, 5) is 14.0. The van der Waals surface area contributed by atoms with E-state index in [-0.39, 0.29) is 31.2 Å². The van der Waals surface area contributed by atoms with E-state index in [2.05, 4.69) is 10.3 Å². The van der Waals surface area contributed by atoms with Crippen molar-refractivity contribution >= 4 is 5.91 Å². The van der Waals surface area contributed by atoms with Gasteiger partial charge in [-0.3, -0.25) is 4.79 Å². The average Bonchev–Trinajstić information content (AvgIpc) is 3.17. The zero-order valence-corrected chi connectivity index (χ0v) is 13.4. The highest BCUT2D eigenvalue weighted by atomic mass is 19.1. The number of amides is 1. The smallest absolute Gasteiger partial charge is 0.227 e. The minimum Gasteiger partial charge on any atom is -0.494 e. The van der Waals surface area contributed by atoms with E-state index >= 15 is 0 Å². The van der Waals surface area contributed by atoms with Gasteiger partial charge < -0.3 is 14.7 Å². The third kappa shape index (κ3) is 3.53. The third-order valence-corrected chi connectivity index (χ3v) is 4.18. The van der Waals surface area contributed by atoms with E-state index in [4.69, 9.17) is 4.74 Å². The first kappa shape index (κ1) is 16.4. The molecule has 7 nitrogen and oxygen atoms in total. The molecule has 0 spiro atoms. The van der Waals surface area contributed by atoms with Crippen molar-refractivity contribution in [3.63, 3.8) is 0 Å². The molecule has 1 aromatic carbocycles. The molecule has 1 aromatic heterocycles. The number of likely N-dealkylation sites (tertiary alicyclic amines) is 1. The lowest BCUT2D eigenvalue weighted by atomic mass is 10.0. The number of rotatable bonds is 5. The van der Waals surface area contributed by atoms with E-state index in [0.29, 0.717) is 18.5 Å². The van der Waals surface area contributed by atoms with Crippen LogP contribution in [0.15, 0.2) is 30.6 Å². The quantitative estimate of drug-likeness (QED) is 0.868. The summed E-state index contributed by atoms with van der Waals surface area (Å²) >= 11 is 0. The van der Waals surface area contributed by atoms with Crippen LogP contribution in [0.4, 0.5) is 4.39 Å². The number of hydrogen-bond acceptors (Lipinski definition) is 5. The van der Waals surface area contributed by atoms with E-state index in [1.54, 1.807) is 28.0 Å². The predicted octanol–water partition coefficient (Wildman–Crippen LogP) is 0.632. The summed E-state index contributed by atoms with van der Waals surface area (Å²) in [5.74, 6) is -0.490. The molecule has 1 unspecified atom stereocenters. The molecule has 0 saturated carbocycles. The molecule has 24 heavy (non-hydrogen) atoms. The zero-order chi connectivity index (χ0) is 17.2. The van der Waals surface area contributed by atoms with Crippen LogP contribution in [0.25, 0.3) is 0 Å². The molecule has 3 rings (SSSR count). The summed E-state index contributed by atoms with van der Waals surface area (Å²) in [6, 6.07) is 4.47. The fraction of sp³-hybridized carbons (Fsp3) is 0.438. The maximum Gasteiger partial charge on any atom is 0.227 e. The molecule has 0 aliphatic carbocycles. The summed E-state index contributed by atoms with van der Waals surface area (Å²) in [5, 5.41) is 18.1. The van der Waals surface area contributed by atoms with Crippen molar-refractivity contribution < 1.29 is 19.0 Å². The van der Waals surface area contributed by atoms with Crippen molar-refractivity contribution in [2.75, 3.05) is 20.2 Å². The third-order valence-electron chi connectivity index (χ3n) is 4.18. The Labute approximate surface area is 138 Å². The molecule has 0 radical (unpaired) electrons.